The summed E-state index contributed by atoms with van der Waals surface area (Å²) in [5.74, 6) is 0.102. The maximum Gasteiger partial charge on any atom is 0.224 e. The lowest BCUT2D eigenvalue weighted by molar-refractivity contribution is -0.116. The molecule has 0 radical (unpaired) electrons. The molecule has 0 aromatic heterocycles. The molecule has 2 heterocycles. The second-order valence-electron chi connectivity index (χ2n) is 8.70. The SMILES string of the molecule is Cl.O=C1CCc2c(cccc2N2CCN(CC(O)CNc3cccc4ccccc34)CC2)N1. The fraction of sp³-hybridized carbons (Fsp3) is 0.346. The molecular weight excluding hydrogens is 436 g/mol. The minimum atomic E-state index is -0.430. The number of halogens is 1. The van der Waals surface area contributed by atoms with Crippen LogP contribution in [0.4, 0.5) is 17.1 Å². The highest BCUT2D eigenvalue weighted by atomic mass is 35.5. The molecule has 0 spiro atoms. The molecule has 6 nitrogen and oxygen atoms in total. The van der Waals surface area contributed by atoms with E-state index in [4.69, 9.17) is 0 Å². The Hall–Kier alpha value is -2.80. The number of nitrogens with one attached hydrogen (secondary N) is 2. The molecule has 0 aliphatic carbocycles. The zero-order valence-electron chi connectivity index (χ0n) is 18.7. The van der Waals surface area contributed by atoms with Crippen molar-refractivity contribution >= 4 is 46.1 Å². The Kier molecular flexibility index (Phi) is 7.38. The third-order valence-corrected chi connectivity index (χ3v) is 6.53. The zero-order chi connectivity index (χ0) is 21.9. The van der Waals surface area contributed by atoms with Crippen LogP contribution in [0.3, 0.4) is 0 Å². The van der Waals surface area contributed by atoms with Crippen LogP contribution in [0.2, 0.25) is 0 Å². The summed E-state index contributed by atoms with van der Waals surface area (Å²) < 4.78 is 0. The lowest BCUT2D eigenvalue weighted by Crippen LogP contribution is -2.49. The van der Waals surface area contributed by atoms with Crippen molar-refractivity contribution in [3.8, 4) is 0 Å². The lowest BCUT2D eigenvalue weighted by Gasteiger charge is -2.38. The Labute approximate surface area is 201 Å². The van der Waals surface area contributed by atoms with Crippen LogP contribution in [0.5, 0.6) is 0 Å². The van der Waals surface area contributed by atoms with Gasteiger partial charge >= 0.3 is 0 Å². The average molecular weight is 467 g/mol. The number of anilines is 3. The van der Waals surface area contributed by atoms with Crippen LogP contribution in [0.15, 0.2) is 60.7 Å². The number of hydrogen-bond acceptors (Lipinski definition) is 5. The van der Waals surface area contributed by atoms with Gasteiger partial charge in [0.2, 0.25) is 5.91 Å². The number of benzene rings is 3. The van der Waals surface area contributed by atoms with Gasteiger partial charge < -0.3 is 20.6 Å². The van der Waals surface area contributed by atoms with Crippen molar-refractivity contribution in [3.63, 3.8) is 0 Å². The standard InChI is InChI=1S/C26H30N4O2.ClH/c31-20(17-27-23-8-3-6-19-5-1-2-7-21(19)23)18-29-13-15-30(16-14-29)25-10-4-9-24-22(25)11-12-26(32)28-24;/h1-10,20,27,31H,11-18H2,(H,28,32);1H. The number of fused-ring (bicyclic) bond motifs is 2. The maximum absolute atomic E-state index is 11.7. The van der Waals surface area contributed by atoms with E-state index in [-0.39, 0.29) is 18.3 Å². The number of amides is 1. The number of hydrogen-bond donors (Lipinski definition) is 3. The van der Waals surface area contributed by atoms with Gasteiger partial charge in [-0.2, -0.15) is 0 Å². The molecule has 174 valence electrons. The van der Waals surface area contributed by atoms with E-state index in [1.165, 1.54) is 22.0 Å². The third kappa shape index (κ3) is 5.24. The molecule has 3 aromatic rings. The average Bonchev–Trinajstić information content (AvgIpc) is 2.82. The van der Waals surface area contributed by atoms with Crippen LogP contribution in [-0.2, 0) is 11.2 Å². The molecular formula is C26H31ClN4O2. The van der Waals surface area contributed by atoms with Gasteiger partial charge in [-0.15, -0.1) is 12.4 Å². The fourth-order valence-electron chi connectivity index (χ4n) is 4.84. The van der Waals surface area contributed by atoms with E-state index in [0.29, 0.717) is 19.5 Å². The molecule has 33 heavy (non-hydrogen) atoms. The fourth-order valence-corrected chi connectivity index (χ4v) is 4.84. The normalized spacial score (nSPS) is 17.1. The van der Waals surface area contributed by atoms with Crippen LogP contribution >= 0.6 is 12.4 Å². The number of piperazine rings is 1. The molecule has 0 saturated carbocycles. The van der Waals surface area contributed by atoms with E-state index in [0.717, 1.165) is 44.0 Å². The van der Waals surface area contributed by atoms with E-state index in [1.54, 1.807) is 0 Å². The van der Waals surface area contributed by atoms with Crippen LogP contribution in [0.25, 0.3) is 10.8 Å². The molecule has 2 aliphatic rings. The van der Waals surface area contributed by atoms with Gasteiger partial charge in [0.1, 0.15) is 0 Å². The first kappa shape index (κ1) is 23.4. The van der Waals surface area contributed by atoms with Crippen molar-refractivity contribution in [2.75, 3.05) is 54.8 Å². The summed E-state index contributed by atoms with van der Waals surface area (Å²) in [6.07, 6.45) is 0.927. The molecule has 3 aromatic carbocycles. The van der Waals surface area contributed by atoms with E-state index in [1.807, 2.05) is 30.3 Å². The van der Waals surface area contributed by atoms with Crippen molar-refractivity contribution in [1.29, 1.82) is 0 Å². The number of carbonyl (C=O) groups is 1. The van der Waals surface area contributed by atoms with E-state index in [9.17, 15) is 9.90 Å². The van der Waals surface area contributed by atoms with Crippen LogP contribution in [-0.4, -0.2) is 61.3 Å². The van der Waals surface area contributed by atoms with Gasteiger partial charge in [0.15, 0.2) is 0 Å². The van der Waals surface area contributed by atoms with Crippen LogP contribution < -0.4 is 15.5 Å². The molecule has 0 bridgehead atoms. The summed E-state index contributed by atoms with van der Waals surface area (Å²) >= 11 is 0. The molecule has 5 rings (SSSR count). The Morgan fingerprint density at radius 2 is 1.70 bits per heavy atom. The summed E-state index contributed by atoms with van der Waals surface area (Å²) in [6.45, 7) is 4.87. The minimum absolute atomic E-state index is 0. The Balaban J connectivity index is 0.00000259. The molecule has 1 saturated heterocycles. The number of nitrogens with zero attached hydrogens (tertiary/aromatic N) is 2. The van der Waals surface area contributed by atoms with Crippen molar-refractivity contribution < 1.29 is 9.90 Å². The summed E-state index contributed by atoms with van der Waals surface area (Å²) in [7, 11) is 0. The number of rotatable bonds is 6. The van der Waals surface area contributed by atoms with Crippen molar-refractivity contribution in [3.05, 3.63) is 66.2 Å². The number of β-amino-alcohol motifs (C(OH)–C–C–N with tert-alkyl or cyclic N) is 1. The molecule has 7 heteroatoms. The summed E-state index contributed by atoms with van der Waals surface area (Å²) in [4.78, 5) is 16.5. The van der Waals surface area contributed by atoms with Gasteiger partial charge in [-0.25, -0.2) is 0 Å². The molecule has 1 unspecified atom stereocenters. The maximum atomic E-state index is 11.7. The Morgan fingerprint density at radius 3 is 2.55 bits per heavy atom. The van der Waals surface area contributed by atoms with Crippen molar-refractivity contribution in [2.24, 2.45) is 0 Å². The highest BCUT2D eigenvalue weighted by Gasteiger charge is 2.24. The molecule has 1 atom stereocenters. The quantitative estimate of drug-likeness (QED) is 0.516. The number of carbonyl (C=O) groups excluding carboxylic acids is 1. The van der Waals surface area contributed by atoms with Crippen molar-refractivity contribution in [1.82, 2.24) is 4.90 Å². The summed E-state index contributed by atoms with van der Waals surface area (Å²) in [5.41, 5.74) is 4.50. The Bertz CT molecular complexity index is 1110. The predicted molar refractivity (Wildman–Crippen MR) is 138 cm³/mol. The number of aliphatic hydroxyl groups is 1. The summed E-state index contributed by atoms with van der Waals surface area (Å²) in [6, 6.07) is 20.7. The van der Waals surface area contributed by atoms with Gasteiger partial charge in [-0.1, -0.05) is 42.5 Å². The molecule has 1 amide bonds. The van der Waals surface area contributed by atoms with Crippen LogP contribution in [0, 0.1) is 0 Å². The minimum Gasteiger partial charge on any atom is -0.390 e. The smallest absolute Gasteiger partial charge is 0.224 e. The topological polar surface area (TPSA) is 67.8 Å². The highest BCUT2D eigenvalue weighted by molar-refractivity contribution is 5.95. The van der Waals surface area contributed by atoms with Crippen molar-refractivity contribution in [2.45, 2.75) is 18.9 Å². The zero-order valence-corrected chi connectivity index (χ0v) is 19.5. The van der Waals surface area contributed by atoms with Gasteiger partial charge in [-0.3, -0.25) is 9.69 Å². The first-order valence-corrected chi connectivity index (χ1v) is 11.5. The first-order valence-electron chi connectivity index (χ1n) is 11.5. The molecule has 3 N–H and O–H groups in total. The monoisotopic (exact) mass is 466 g/mol. The first-order chi connectivity index (χ1) is 15.7. The second-order valence-corrected chi connectivity index (χ2v) is 8.70. The molecule has 1 fully saturated rings. The van der Waals surface area contributed by atoms with Gasteiger partial charge in [0.25, 0.3) is 0 Å². The van der Waals surface area contributed by atoms with Crippen LogP contribution in [0.1, 0.15) is 12.0 Å². The second kappa shape index (κ2) is 10.4. The predicted octanol–water partition coefficient (Wildman–Crippen LogP) is 3.74. The summed E-state index contributed by atoms with van der Waals surface area (Å²) in [5, 5.41) is 19.4. The Morgan fingerprint density at radius 1 is 0.939 bits per heavy atom. The highest BCUT2D eigenvalue weighted by Crippen LogP contribution is 2.32. The van der Waals surface area contributed by atoms with E-state index < -0.39 is 6.10 Å². The van der Waals surface area contributed by atoms with Gasteiger partial charge in [0.05, 0.1) is 6.10 Å². The molecule has 2 aliphatic heterocycles. The van der Waals surface area contributed by atoms with E-state index >= 15 is 0 Å². The third-order valence-electron chi connectivity index (χ3n) is 6.53. The lowest BCUT2D eigenvalue weighted by atomic mass is 10.00. The number of aliphatic hydroxyl groups excluding tert-OH is 1. The van der Waals surface area contributed by atoms with Gasteiger partial charge in [-0.05, 0) is 35.6 Å². The van der Waals surface area contributed by atoms with Gasteiger partial charge in [0, 0.05) is 68.1 Å². The largest absolute Gasteiger partial charge is 0.390 e. The van der Waals surface area contributed by atoms with E-state index in [2.05, 4.69) is 50.8 Å².